The second kappa shape index (κ2) is 12.0. The van der Waals surface area contributed by atoms with Gasteiger partial charge in [0.05, 0.1) is 33.8 Å². The summed E-state index contributed by atoms with van der Waals surface area (Å²) in [6.07, 6.45) is 1.61. The molecule has 0 N–H and O–H groups in total. The molecule has 0 saturated carbocycles. The van der Waals surface area contributed by atoms with Gasteiger partial charge in [-0.25, -0.2) is 4.98 Å². The average Bonchev–Trinajstić information content (AvgIpc) is 2.86. The molecule has 37 heavy (non-hydrogen) atoms. The lowest BCUT2D eigenvalue weighted by atomic mass is 10.2. The van der Waals surface area contributed by atoms with Crippen LogP contribution in [-0.4, -0.2) is 22.5 Å². The molecule has 192 valence electrons. The van der Waals surface area contributed by atoms with Crippen LogP contribution in [0.4, 0.5) is 0 Å². The molecular formula is C27H23Br2Cl2N3O3. The highest BCUT2D eigenvalue weighted by atomic mass is 79.9. The highest BCUT2D eigenvalue weighted by Crippen LogP contribution is 2.34. The Balaban J connectivity index is 1.69. The summed E-state index contributed by atoms with van der Waals surface area (Å²) in [5, 5.41) is 5.96. The number of hydrogen-bond acceptors (Lipinski definition) is 5. The second-order valence-electron chi connectivity index (χ2n) is 8.44. The van der Waals surface area contributed by atoms with Gasteiger partial charge in [-0.1, -0.05) is 59.0 Å². The molecule has 10 heteroatoms. The minimum Gasteiger partial charge on any atom is -0.490 e. The van der Waals surface area contributed by atoms with Crippen LogP contribution in [0.3, 0.4) is 0 Å². The second-order valence-corrected chi connectivity index (χ2v) is 11.0. The topological polar surface area (TPSA) is 65.7 Å². The minimum absolute atomic E-state index is 0.0162. The summed E-state index contributed by atoms with van der Waals surface area (Å²) >= 11 is 19.2. The van der Waals surface area contributed by atoms with E-state index in [1.54, 1.807) is 24.4 Å². The van der Waals surface area contributed by atoms with Crippen LogP contribution in [0, 0.1) is 0 Å². The number of hydrogen-bond donors (Lipinski definition) is 0. The van der Waals surface area contributed by atoms with E-state index in [-0.39, 0.29) is 18.1 Å². The van der Waals surface area contributed by atoms with Gasteiger partial charge in [0.1, 0.15) is 12.4 Å². The fourth-order valence-corrected chi connectivity index (χ4v) is 4.70. The number of nitrogens with zero attached hydrogens (tertiary/aromatic N) is 3. The van der Waals surface area contributed by atoms with Gasteiger partial charge in [0.2, 0.25) is 0 Å². The predicted octanol–water partition coefficient (Wildman–Crippen LogP) is 8.21. The molecule has 0 radical (unpaired) electrons. The molecule has 4 aromatic rings. The minimum atomic E-state index is -0.242. The first kappa shape index (κ1) is 27.6. The molecule has 0 saturated heterocycles. The van der Waals surface area contributed by atoms with Crippen LogP contribution < -0.4 is 15.0 Å². The summed E-state index contributed by atoms with van der Waals surface area (Å²) in [4.78, 5) is 18.0. The van der Waals surface area contributed by atoms with E-state index in [0.717, 1.165) is 14.5 Å². The molecule has 0 aliphatic rings. The largest absolute Gasteiger partial charge is 0.490 e. The highest BCUT2D eigenvalue weighted by molar-refractivity contribution is 9.10. The smallest absolute Gasteiger partial charge is 0.282 e. The summed E-state index contributed by atoms with van der Waals surface area (Å²) in [5.74, 6) is 1.65. The fourth-order valence-electron chi connectivity index (χ4n) is 3.59. The molecule has 4 rings (SSSR count). The van der Waals surface area contributed by atoms with Crippen molar-refractivity contribution in [3.63, 3.8) is 0 Å². The van der Waals surface area contributed by atoms with Gasteiger partial charge in [0, 0.05) is 20.4 Å². The maximum absolute atomic E-state index is 13.3. The van der Waals surface area contributed by atoms with Gasteiger partial charge in [-0.2, -0.15) is 9.78 Å². The Morgan fingerprint density at radius 2 is 1.78 bits per heavy atom. The SMILES string of the molecule is CCOc1cc(C=Nn2c(C(C)C)nc3ccc(Br)cc3c2=O)c(Br)cc1OCc1ccc(Cl)c(Cl)c1. The van der Waals surface area contributed by atoms with Crippen molar-refractivity contribution in [3.05, 3.63) is 94.8 Å². The zero-order valence-electron chi connectivity index (χ0n) is 20.3. The van der Waals surface area contributed by atoms with Crippen LogP contribution in [-0.2, 0) is 6.61 Å². The Labute approximate surface area is 241 Å². The van der Waals surface area contributed by atoms with Gasteiger partial charge in [-0.05, 0) is 70.9 Å². The average molecular weight is 668 g/mol. The van der Waals surface area contributed by atoms with Crippen LogP contribution in [0.2, 0.25) is 10.0 Å². The number of rotatable bonds is 8. The summed E-state index contributed by atoms with van der Waals surface area (Å²) in [5.41, 5.74) is 1.97. The molecule has 0 spiro atoms. The molecule has 1 aromatic heterocycles. The lowest BCUT2D eigenvalue weighted by Gasteiger charge is -2.15. The van der Waals surface area contributed by atoms with Crippen LogP contribution >= 0.6 is 55.1 Å². The number of halogens is 4. The van der Waals surface area contributed by atoms with E-state index in [1.807, 2.05) is 51.1 Å². The summed E-state index contributed by atoms with van der Waals surface area (Å²) in [6, 6.07) is 14.4. The van der Waals surface area contributed by atoms with Crippen molar-refractivity contribution in [3.8, 4) is 11.5 Å². The molecule has 0 fully saturated rings. The Kier molecular flexibility index (Phi) is 8.95. The van der Waals surface area contributed by atoms with E-state index in [1.165, 1.54) is 4.68 Å². The maximum atomic E-state index is 13.3. The lowest BCUT2D eigenvalue weighted by molar-refractivity contribution is 0.269. The summed E-state index contributed by atoms with van der Waals surface area (Å²) in [7, 11) is 0. The molecule has 0 unspecified atom stereocenters. The van der Waals surface area contributed by atoms with Gasteiger partial charge < -0.3 is 9.47 Å². The van der Waals surface area contributed by atoms with Crippen molar-refractivity contribution < 1.29 is 9.47 Å². The molecule has 1 heterocycles. The predicted molar refractivity (Wildman–Crippen MR) is 157 cm³/mol. The van der Waals surface area contributed by atoms with Crippen molar-refractivity contribution >= 4 is 72.2 Å². The summed E-state index contributed by atoms with van der Waals surface area (Å²) < 4.78 is 14.7. The third kappa shape index (κ3) is 6.37. The first-order chi connectivity index (χ1) is 17.7. The molecule has 0 atom stereocenters. The number of ether oxygens (including phenoxy) is 2. The lowest BCUT2D eigenvalue weighted by Crippen LogP contribution is -2.23. The third-order valence-electron chi connectivity index (χ3n) is 5.40. The third-order valence-corrected chi connectivity index (χ3v) is 7.32. The molecule has 6 nitrogen and oxygen atoms in total. The van der Waals surface area contributed by atoms with Crippen molar-refractivity contribution in [2.24, 2.45) is 5.10 Å². The zero-order chi connectivity index (χ0) is 26.7. The Morgan fingerprint density at radius 3 is 2.49 bits per heavy atom. The molecule has 0 aliphatic heterocycles. The van der Waals surface area contributed by atoms with E-state index in [9.17, 15) is 4.79 Å². The van der Waals surface area contributed by atoms with E-state index >= 15 is 0 Å². The Hall–Kier alpha value is -2.39. The highest BCUT2D eigenvalue weighted by Gasteiger charge is 2.15. The summed E-state index contributed by atoms with van der Waals surface area (Å²) in [6.45, 7) is 6.57. The van der Waals surface area contributed by atoms with Gasteiger partial charge in [-0.15, -0.1) is 0 Å². The van der Waals surface area contributed by atoms with Crippen molar-refractivity contribution in [1.29, 1.82) is 0 Å². The zero-order valence-corrected chi connectivity index (χ0v) is 24.9. The molecule has 0 bridgehead atoms. The van der Waals surface area contributed by atoms with Crippen LogP contribution in [0.5, 0.6) is 11.5 Å². The number of aromatic nitrogens is 2. The van der Waals surface area contributed by atoms with Gasteiger partial charge in [0.25, 0.3) is 5.56 Å². The first-order valence-electron chi connectivity index (χ1n) is 11.5. The van der Waals surface area contributed by atoms with Gasteiger partial charge in [0.15, 0.2) is 11.5 Å². The Bertz CT molecular complexity index is 1550. The van der Waals surface area contributed by atoms with E-state index < -0.39 is 0 Å². The van der Waals surface area contributed by atoms with Crippen LogP contribution in [0.1, 0.15) is 43.6 Å². The normalized spacial score (nSPS) is 11.6. The molecule has 3 aromatic carbocycles. The van der Waals surface area contributed by atoms with Crippen molar-refractivity contribution in [2.75, 3.05) is 6.61 Å². The monoisotopic (exact) mass is 665 g/mol. The van der Waals surface area contributed by atoms with Gasteiger partial charge in [-0.3, -0.25) is 4.79 Å². The van der Waals surface area contributed by atoms with Gasteiger partial charge >= 0.3 is 0 Å². The van der Waals surface area contributed by atoms with Crippen LogP contribution in [0.25, 0.3) is 10.9 Å². The van der Waals surface area contributed by atoms with E-state index in [4.69, 9.17) is 37.7 Å². The van der Waals surface area contributed by atoms with Crippen molar-refractivity contribution in [1.82, 2.24) is 9.66 Å². The molecule has 0 aliphatic carbocycles. The van der Waals surface area contributed by atoms with E-state index in [2.05, 4.69) is 37.0 Å². The quantitative estimate of drug-likeness (QED) is 0.178. The molecular weight excluding hydrogens is 645 g/mol. The van der Waals surface area contributed by atoms with E-state index in [0.29, 0.717) is 50.4 Å². The van der Waals surface area contributed by atoms with Crippen molar-refractivity contribution in [2.45, 2.75) is 33.3 Å². The first-order valence-corrected chi connectivity index (χ1v) is 13.8. The number of benzene rings is 3. The fraction of sp³-hybridized carbons (Fsp3) is 0.222. The maximum Gasteiger partial charge on any atom is 0.282 e. The number of fused-ring (bicyclic) bond motifs is 1. The Morgan fingerprint density at radius 1 is 1.03 bits per heavy atom. The van der Waals surface area contributed by atoms with Crippen LogP contribution in [0.15, 0.2) is 67.4 Å². The molecule has 0 amide bonds. The standard InChI is InChI=1S/C27H23Br2Cl2N3O3/c1-4-36-24-10-17(20(29)12-25(24)37-14-16-5-7-21(30)22(31)9-16)13-32-34-26(15(2)3)33-23-8-6-18(28)11-19(23)27(34)35/h5-13,15H,4,14H2,1-3H3.